The molecule has 0 spiro atoms. The van der Waals surface area contributed by atoms with Crippen LogP contribution in [-0.2, 0) is 0 Å². The van der Waals surface area contributed by atoms with Gasteiger partial charge in [-0.15, -0.1) is 11.3 Å². The molecule has 0 radical (unpaired) electrons. The minimum atomic E-state index is 0.00685. The lowest BCUT2D eigenvalue weighted by Crippen LogP contribution is -2.23. The fourth-order valence-electron chi connectivity index (χ4n) is 2.15. The average molecular weight is 409 g/mol. The summed E-state index contributed by atoms with van der Waals surface area (Å²) in [6, 6.07) is 7.73. The molecule has 1 unspecified atom stereocenters. The zero-order valence-corrected chi connectivity index (χ0v) is 15.7. The Balaban J connectivity index is 2.50. The number of halogens is 3. The van der Waals surface area contributed by atoms with Crippen molar-refractivity contribution in [3.63, 3.8) is 0 Å². The van der Waals surface area contributed by atoms with Crippen LogP contribution < -0.4 is 10.1 Å². The summed E-state index contributed by atoms with van der Waals surface area (Å²) in [4.78, 5) is 1.14. The minimum Gasteiger partial charge on any atom is -0.495 e. The van der Waals surface area contributed by atoms with Gasteiger partial charge in [0.1, 0.15) is 5.75 Å². The summed E-state index contributed by atoms with van der Waals surface area (Å²) >= 11 is 17.4. The topological polar surface area (TPSA) is 21.3 Å². The van der Waals surface area contributed by atoms with E-state index in [2.05, 4.69) is 28.2 Å². The van der Waals surface area contributed by atoms with Crippen molar-refractivity contribution >= 4 is 50.5 Å². The fourth-order valence-corrected chi connectivity index (χ4v) is 4.30. The number of nitrogens with one attached hydrogen (secondary N) is 1. The van der Waals surface area contributed by atoms with Crippen molar-refractivity contribution in [3.8, 4) is 5.75 Å². The highest BCUT2D eigenvalue weighted by atomic mass is 79.9. The number of ether oxygens (including phenoxy) is 1. The highest BCUT2D eigenvalue weighted by molar-refractivity contribution is 9.10. The Morgan fingerprint density at radius 1 is 1.33 bits per heavy atom. The normalized spacial score (nSPS) is 12.4. The Kier molecular flexibility index (Phi) is 6.38. The van der Waals surface area contributed by atoms with E-state index in [1.807, 2.05) is 24.3 Å². The van der Waals surface area contributed by atoms with Crippen LogP contribution in [0.4, 0.5) is 0 Å². The summed E-state index contributed by atoms with van der Waals surface area (Å²) in [5.41, 5.74) is 1.00. The van der Waals surface area contributed by atoms with E-state index in [9.17, 15) is 0 Å². The first-order valence-corrected chi connectivity index (χ1v) is 8.95. The van der Waals surface area contributed by atoms with Gasteiger partial charge in [0.25, 0.3) is 0 Å². The van der Waals surface area contributed by atoms with Gasteiger partial charge in [-0.2, -0.15) is 0 Å². The molecular weight excluding hydrogens is 393 g/mol. The molecule has 1 aromatic carbocycles. The molecule has 1 atom stereocenters. The number of hydrogen-bond donors (Lipinski definition) is 1. The SMILES string of the molecule is CCCNC(c1ccc(Cl)s1)c1cc(Cl)cc(Br)c1OC. The molecule has 1 heterocycles. The third kappa shape index (κ3) is 4.14. The molecule has 0 amide bonds. The van der Waals surface area contributed by atoms with Crippen molar-refractivity contribution in [2.75, 3.05) is 13.7 Å². The van der Waals surface area contributed by atoms with Gasteiger partial charge in [0.05, 0.1) is 22.0 Å². The van der Waals surface area contributed by atoms with Gasteiger partial charge >= 0.3 is 0 Å². The Morgan fingerprint density at radius 3 is 2.67 bits per heavy atom. The van der Waals surface area contributed by atoms with Gasteiger partial charge in [0, 0.05) is 15.5 Å². The molecule has 0 bridgehead atoms. The molecule has 0 fully saturated rings. The molecular formula is C15H16BrCl2NOS. The second-order valence-electron chi connectivity index (χ2n) is 4.54. The van der Waals surface area contributed by atoms with Gasteiger partial charge < -0.3 is 10.1 Å². The summed E-state index contributed by atoms with van der Waals surface area (Å²) in [5.74, 6) is 0.789. The maximum Gasteiger partial charge on any atom is 0.138 e. The lowest BCUT2D eigenvalue weighted by molar-refractivity contribution is 0.401. The van der Waals surface area contributed by atoms with Crippen molar-refractivity contribution < 1.29 is 4.74 Å². The zero-order valence-electron chi connectivity index (χ0n) is 11.8. The summed E-state index contributed by atoms with van der Waals surface area (Å²) in [6.07, 6.45) is 1.04. The molecule has 21 heavy (non-hydrogen) atoms. The Bertz CT molecular complexity index is 618. The maximum atomic E-state index is 6.21. The molecule has 0 aliphatic carbocycles. The molecule has 2 nitrogen and oxygen atoms in total. The molecule has 1 aromatic heterocycles. The van der Waals surface area contributed by atoms with Crippen LogP contribution in [0.1, 0.15) is 29.8 Å². The van der Waals surface area contributed by atoms with Crippen LogP contribution in [-0.4, -0.2) is 13.7 Å². The molecule has 1 N–H and O–H groups in total. The summed E-state index contributed by atoms with van der Waals surface area (Å²) in [5, 5.41) is 4.21. The molecule has 0 saturated carbocycles. The first-order valence-electron chi connectivity index (χ1n) is 6.58. The van der Waals surface area contributed by atoms with Crippen LogP contribution in [0, 0.1) is 0 Å². The second kappa shape index (κ2) is 7.84. The first kappa shape index (κ1) is 17.1. The van der Waals surface area contributed by atoms with Gasteiger partial charge in [-0.05, 0) is 53.2 Å². The van der Waals surface area contributed by atoms with Gasteiger partial charge in [-0.25, -0.2) is 0 Å². The number of methoxy groups -OCH3 is 1. The van der Waals surface area contributed by atoms with Gasteiger partial charge in [-0.1, -0.05) is 30.1 Å². The minimum absolute atomic E-state index is 0.00685. The lowest BCUT2D eigenvalue weighted by atomic mass is 10.0. The standard InChI is InChI=1S/C15H16BrCl2NOS/c1-3-6-19-14(12-4-5-13(18)21-12)10-7-9(17)8-11(16)15(10)20-2/h4-5,7-8,14,19H,3,6H2,1-2H3. The van der Waals surface area contributed by atoms with E-state index in [1.54, 1.807) is 18.4 Å². The van der Waals surface area contributed by atoms with E-state index in [1.165, 1.54) is 0 Å². The lowest BCUT2D eigenvalue weighted by Gasteiger charge is -2.21. The zero-order chi connectivity index (χ0) is 15.4. The van der Waals surface area contributed by atoms with Crippen molar-refractivity contribution in [2.45, 2.75) is 19.4 Å². The molecule has 0 saturated heterocycles. The summed E-state index contributed by atoms with van der Waals surface area (Å²) < 4.78 is 7.16. The van der Waals surface area contributed by atoms with Crippen molar-refractivity contribution in [1.29, 1.82) is 0 Å². The smallest absolute Gasteiger partial charge is 0.138 e. The predicted octanol–water partition coefficient (Wildman–Crippen LogP) is 5.92. The van der Waals surface area contributed by atoms with Gasteiger partial charge in [0.2, 0.25) is 0 Å². The van der Waals surface area contributed by atoms with Crippen molar-refractivity contribution in [1.82, 2.24) is 5.32 Å². The van der Waals surface area contributed by atoms with Crippen molar-refractivity contribution in [3.05, 3.63) is 48.5 Å². The fraction of sp³-hybridized carbons (Fsp3) is 0.333. The quantitative estimate of drug-likeness (QED) is 0.640. The Morgan fingerprint density at radius 2 is 2.10 bits per heavy atom. The van der Waals surface area contributed by atoms with Crippen LogP contribution in [0.3, 0.4) is 0 Å². The third-order valence-electron chi connectivity index (χ3n) is 3.03. The number of hydrogen-bond acceptors (Lipinski definition) is 3. The predicted molar refractivity (Wildman–Crippen MR) is 95.2 cm³/mol. The van der Waals surface area contributed by atoms with E-state index in [0.29, 0.717) is 5.02 Å². The third-order valence-corrected chi connectivity index (χ3v) is 5.13. The summed E-state index contributed by atoms with van der Waals surface area (Å²) in [7, 11) is 1.66. The second-order valence-corrected chi connectivity index (χ2v) is 7.58. The van der Waals surface area contributed by atoms with Crippen LogP contribution in [0.5, 0.6) is 5.75 Å². The molecule has 2 rings (SSSR count). The highest BCUT2D eigenvalue weighted by Gasteiger charge is 2.22. The number of rotatable bonds is 6. The van der Waals surface area contributed by atoms with E-state index in [0.717, 1.165) is 38.0 Å². The van der Waals surface area contributed by atoms with Gasteiger partial charge in [-0.3, -0.25) is 0 Å². The van der Waals surface area contributed by atoms with Crippen LogP contribution in [0.2, 0.25) is 9.36 Å². The number of thiophene rings is 1. The largest absolute Gasteiger partial charge is 0.495 e. The Labute approximate surface area is 147 Å². The van der Waals surface area contributed by atoms with Crippen molar-refractivity contribution in [2.24, 2.45) is 0 Å². The van der Waals surface area contributed by atoms with Crippen LogP contribution in [0.15, 0.2) is 28.7 Å². The molecule has 114 valence electrons. The average Bonchev–Trinajstić information content (AvgIpc) is 2.85. The maximum absolute atomic E-state index is 6.21. The molecule has 0 aliphatic rings. The molecule has 0 aliphatic heterocycles. The van der Waals surface area contributed by atoms with Crippen LogP contribution in [0.25, 0.3) is 0 Å². The van der Waals surface area contributed by atoms with E-state index in [-0.39, 0.29) is 6.04 Å². The number of benzene rings is 1. The van der Waals surface area contributed by atoms with E-state index in [4.69, 9.17) is 27.9 Å². The molecule has 6 heteroatoms. The highest BCUT2D eigenvalue weighted by Crippen LogP contribution is 2.40. The van der Waals surface area contributed by atoms with E-state index >= 15 is 0 Å². The van der Waals surface area contributed by atoms with E-state index < -0.39 is 0 Å². The Hall–Kier alpha value is -0.260. The molecule has 2 aromatic rings. The van der Waals surface area contributed by atoms with Gasteiger partial charge in [0.15, 0.2) is 0 Å². The first-order chi connectivity index (χ1) is 10.1. The summed E-state index contributed by atoms with van der Waals surface area (Å²) in [6.45, 7) is 3.03. The van der Waals surface area contributed by atoms with Crippen LogP contribution >= 0.6 is 50.5 Å². The monoisotopic (exact) mass is 407 g/mol.